The van der Waals surface area contributed by atoms with E-state index >= 15 is 0 Å². The summed E-state index contributed by atoms with van der Waals surface area (Å²) in [7, 11) is 0. The molecule has 29 heavy (non-hydrogen) atoms. The molecule has 152 valence electrons. The van der Waals surface area contributed by atoms with Crippen LogP contribution in [0.3, 0.4) is 0 Å². The van der Waals surface area contributed by atoms with E-state index in [4.69, 9.17) is 11.2 Å². The number of terminal acetylenes is 1. The molecule has 7 heteroatoms. The first-order chi connectivity index (χ1) is 14.1. The lowest BCUT2D eigenvalue weighted by atomic mass is 9.98. The Labute approximate surface area is 170 Å². The van der Waals surface area contributed by atoms with Crippen molar-refractivity contribution in [3.63, 3.8) is 0 Å². The Balaban J connectivity index is 1.36. The number of carbonyl (C=O) groups excluding carboxylic acids is 2. The van der Waals surface area contributed by atoms with Crippen molar-refractivity contribution in [2.75, 3.05) is 18.5 Å². The fourth-order valence-electron chi connectivity index (χ4n) is 4.11. The van der Waals surface area contributed by atoms with E-state index in [-0.39, 0.29) is 11.8 Å². The molecule has 7 nitrogen and oxygen atoms in total. The van der Waals surface area contributed by atoms with Crippen LogP contribution < -0.4 is 10.1 Å². The molecule has 1 N–H and O–H groups in total. The highest BCUT2D eigenvalue weighted by Crippen LogP contribution is 2.38. The van der Waals surface area contributed by atoms with Gasteiger partial charge in [-0.1, -0.05) is 0 Å². The molecule has 3 aliphatic heterocycles. The van der Waals surface area contributed by atoms with Crippen LogP contribution in [0.5, 0.6) is 5.75 Å². The zero-order valence-corrected chi connectivity index (χ0v) is 16.5. The average Bonchev–Trinajstić information content (AvgIpc) is 3.37. The summed E-state index contributed by atoms with van der Waals surface area (Å²) in [6, 6.07) is 5.26. The number of carbonyl (C=O) groups is 2. The number of rotatable bonds is 7. The third-order valence-electron chi connectivity index (χ3n) is 5.87. The minimum atomic E-state index is -0.470. The molecular formula is C22H26N4O3. The molecule has 0 aliphatic carbocycles. The van der Waals surface area contributed by atoms with Gasteiger partial charge in [0.2, 0.25) is 11.8 Å². The first kappa shape index (κ1) is 19.4. The summed E-state index contributed by atoms with van der Waals surface area (Å²) in [5, 5.41) is 11.2. The molecular weight excluding hydrogens is 368 g/mol. The Hall–Kier alpha value is -2.88. The van der Waals surface area contributed by atoms with E-state index in [1.165, 1.54) is 0 Å². The molecule has 0 bridgehead atoms. The number of amides is 2. The lowest BCUT2D eigenvalue weighted by Crippen LogP contribution is -2.50. The van der Waals surface area contributed by atoms with Gasteiger partial charge in [0.05, 0.1) is 6.61 Å². The minimum absolute atomic E-state index is 0.00964. The second-order valence-electron chi connectivity index (χ2n) is 7.90. The van der Waals surface area contributed by atoms with Crippen molar-refractivity contribution in [1.82, 2.24) is 4.90 Å². The van der Waals surface area contributed by atoms with Crippen LogP contribution in [0.4, 0.5) is 5.69 Å². The van der Waals surface area contributed by atoms with E-state index in [0.29, 0.717) is 45.3 Å². The van der Waals surface area contributed by atoms with E-state index < -0.39 is 11.7 Å². The zero-order chi connectivity index (χ0) is 20.3. The van der Waals surface area contributed by atoms with Crippen LogP contribution in [0.2, 0.25) is 0 Å². The Kier molecular flexibility index (Phi) is 5.52. The quantitative estimate of drug-likeness (QED) is 0.720. The van der Waals surface area contributed by atoms with E-state index in [2.05, 4.69) is 21.5 Å². The lowest BCUT2D eigenvalue weighted by Gasteiger charge is -2.35. The number of fused-ring (bicyclic) bond motifs is 1. The molecule has 3 aliphatic rings. The molecule has 0 spiro atoms. The summed E-state index contributed by atoms with van der Waals surface area (Å²) in [6.07, 6.45) is 10.9. The van der Waals surface area contributed by atoms with Gasteiger partial charge in [0.15, 0.2) is 5.66 Å². The highest BCUT2D eigenvalue weighted by molar-refractivity contribution is 5.97. The largest absolute Gasteiger partial charge is 0.493 e. The van der Waals surface area contributed by atoms with Gasteiger partial charge < -0.3 is 15.0 Å². The van der Waals surface area contributed by atoms with Crippen LogP contribution in [0.25, 0.3) is 0 Å². The second-order valence-corrected chi connectivity index (χ2v) is 7.90. The van der Waals surface area contributed by atoms with E-state index in [9.17, 15) is 9.59 Å². The fourth-order valence-corrected chi connectivity index (χ4v) is 4.11. The minimum Gasteiger partial charge on any atom is -0.493 e. The van der Waals surface area contributed by atoms with Crippen LogP contribution in [0.1, 0.15) is 50.5 Å². The van der Waals surface area contributed by atoms with Gasteiger partial charge in [-0.2, -0.15) is 10.2 Å². The van der Waals surface area contributed by atoms with Gasteiger partial charge in [-0.3, -0.25) is 9.59 Å². The maximum absolute atomic E-state index is 12.9. The highest BCUT2D eigenvalue weighted by Gasteiger charge is 2.40. The number of ether oxygens (including phenoxy) is 1. The molecule has 0 saturated carbocycles. The topological polar surface area (TPSA) is 83.4 Å². The maximum atomic E-state index is 12.9. The highest BCUT2D eigenvalue weighted by atomic mass is 16.5. The Bertz CT molecular complexity index is 867. The number of anilines is 1. The van der Waals surface area contributed by atoms with Crippen LogP contribution in [0, 0.1) is 12.3 Å². The van der Waals surface area contributed by atoms with Crippen LogP contribution >= 0.6 is 0 Å². The number of benzene rings is 1. The number of nitrogens with one attached hydrogen (secondary N) is 1. The molecule has 1 fully saturated rings. The summed E-state index contributed by atoms with van der Waals surface area (Å²) >= 11 is 0. The molecule has 1 atom stereocenters. The van der Waals surface area contributed by atoms with Gasteiger partial charge in [-0.05, 0) is 43.0 Å². The van der Waals surface area contributed by atoms with Crippen molar-refractivity contribution >= 4 is 17.5 Å². The van der Waals surface area contributed by atoms with Crippen LogP contribution in [-0.4, -0.2) is 41.6 Å². The van der Waals surface area contributed by atoms with Crippen molar-refractivity contribution in [3.8, 4) is 18.1 Å². The monoisotopic (exact) mass is 394 g/mol. The smallest absolute Gasteiger partial charge is 0.247 e. The Morgan fingerprint density at radius 1 is 1.31 bits per heavy atom. The summed E-state index contributed by atoms with van der Waals surface area (Å²) in [6.45, 7) is 1.29. The van der Waals surface area contributed by atoms with Crippen molar-refractivity contribution in [2.45, 2.75) is 63.1 Å². The number of hydrogen-bond acceptors (Lipinski definition) is 5. The summed E-state index contributed by atoms with van der Waals surface area (Å²) in [5.41, 5.74) is 1.39. The van der Waals surface area contributed by atoms with Crippen LogP contribution in [-0.2, 0) is 16.0 Å². The average molecular weight is 394 g/mol. The molecule has 3 heterocycles. The van der Waals surface area contributed by atoms with Crippen molar-refractivity contribution in [1.29, 1.82) is 0 Å². The second kappa shape index (κ2) is 8.24. The standard InChI is InChI=1S/C22H26N4O3/c1-2-3-11-22(24-25-22)12-9-20(27)26-13-5-4-6-18(26)21(28)23-17-7-8-19-16(15-17)10-14-29-19/h1,7-8,15,18H,3-6,9-14H2,(H,23,28). The van der Waals surface area contributed by atoms with E-state index in [1.54, 1.807) is 4.90 Å². The van der Waals surface area contributed by atoms with Gasteiger partial charge in [-0.25, -0.2) is 0 Å². The van der Waals surface area contributed by atoms with Crippen molar-refractivity contribution in [2.24, 2.45) is 10.2 Å². The van der Waals surface area contributed by atoms with Gasteiger partial charge in [0, 0.05) is 44.3 Å². The van der Waals surface area contributed by atoms with E-state index in [0.717, 1.165) is 36.3 Å². The molecule has 1 aromatic carbocycles. The first-order valence-corrected chi connectivity index (χ1v) is 10.3. The summed E-state index contributed by atoms with van der Waals surface area (Å²) in [4.78, 5) is 27.5. The summed E-state index contributed by atoms with van der Waals surface area (Å²) in [5.74, 6) is 3.35. The number of hydrogen-bond donors (Lipinski definition) is 1. The number of nitrogens with zero attached hydrogens (tertiary/aromatic N) is 3. The Morgan fingerprint density at radius 2 is 2.17 bits per heavy atom. The molecule has 1 unspecified atom stereocenters. The predicted octanol–water partition coefficient (Wildman–Crippen LogP) is 3.30. The molecule has 4 rings (SSSR count). The Morgan fingerprint density at radius 3 is 2.97 bits per heavy atom. The fraction of sp³-hybridized carbons (Fsp3) is 0.545. The number of likely N-dealkylation sites (tertiary alicyclic amines) is 1. The first-order valence-electron chi connectivity index (χ1n) is 10.3. The van der Waals surface area contributed by atoms with Gasteiger partial charge in [0.25, 0.3) is 0 Å². The third-order valence-corrected chi connectivity index (χ3v) is 5.87. The van der Waals surface area contributed by atoms with Crippen LogP contribution in [0.15, 0.2) is 28.4 Å². The number of piperidine rings is 1. The van der Waals surface area contributed by atoms with Crippen molar-refractivity contribution < 1.29 is 14.3 Å². The molecule has 0 aromatic heterocycles. The molecule has 0 radical (unpaired) electrons. The normalized spacial score (nSPS) is 21.1. The van der Waals surface area contributed by atoms with Gasteiger partial charge in [0.1, 0.15) is 11.8 Å². The van der Waals surface area contributed by atoms with Gasteiger partial charge in [-0.15, -0.1) is 12.3 Å². The lowest BCUT2D eigenvalue weighted by molar-refractivity contribution is -0.140. The summed E-state index contributed by atoms with van der Waals surface area (Å²) < 4.78 is 5.52. The predicted molar refractivity (Wildman–Crippen MR) is 109 cm³/mol. The maximum Gasteiger partial charge on any atom is 0.247 e. The molecule has 1 saturated heterocycles. The zero-order valence-electron chi connectivity index (χ0n) is 16.5. The SMILES string of the molecule is C#CCCC1(CCC(=O)N2CCCCC2C(=O)Nc2ccc3c(c2)CCO3)N=N1. The molecule has 2 amide bonds. The van der Waals surface area contributed by atoms with Gasteiger partial charge >= 0.3 is 0 Å². The van der Waals surface area contributed by atoms with Crippen molar-refractivity contribution in [3.05, 3.63) is 23.8 Å². The van der Waals surface area contributed by atoms with E-state index in [1.807, 2.05) is 18.2 Å². The third kappa shape index (κ3) is 4.42. The molecule has 1 aromatic rings.